The molecule has 1 aromatic heterocycles. The van der Waals surface area contributed by atoms with E-state index in [1.807, 2.05) is 0 Å². The zero-order chi connectivity index (χ0) is 15.5. The number of carboxylic acids is 1. The molecule has 0 fully saturated rings. The smallest absolute Gasteiger partial charge is 0.481 e. The highest BCUT2D eigenvalue weighted by atomic mass is 35.5. The molecule has 0 aromatic carbocycles. The van der Waals surface area contributed by atoms with Crippen LogP contribution < -0.4 is 4.74 Å². The fraction of sp³-hybridized carbons (Fsp3) is 0.400. The zero-order valence-corrected chi connectivity index (χ0v) is 10.3. The number of ether oxygens (including phenoxy) is 1. The lowest BCUT2D eigenvalue weighted by Crippen LogP contribution is -2.20. The van der Waals surface area contributed by atoms with Crippen molar-refractivity contribution in [3.8, 4) is 5.75 Å². The second-order valence-electron chi connectivity index (χ2n) is 3.53. The molecular formula is C10H7ClF5NO3. The Balaban J connectivity index is 3.41. The normalized spacial score (nSPS) is 11.8. The fourth-order valence-electron chi connectivity index (χ4n) is 1.43. The van der Waals surface area contributed by atoms with Gasteiger partial charge in [-0.2, -0.15) is 0 Å². The van der Waals surface area contributed by atoms with Crippen LogP contribution in [0.1, 0.15) is 23.2 Å². The van der Waals surface area contributed by atoms with Crippen LogP contribution in [0.15, 0.2) is 6.20 Å². The molecule has 1 heterocycles. The van der Waals surface area contributed by atoms with Crippen LogP contribution in [0, 0.1) is 0 Å². The maximum absolute atomic E-state index is 12.6. The third kappa shape index (κ3) is 4.19. The summed E-state index contributed by atoms with van der Waals surface area (Å²) in [7, 11) is 0. The van der Waals surface area contributed by atoms with Crippen molar-refractivity contribution in [1.29, 1.82) is 0 Å². The Hall–Kier alpha value is -1.64. The molecule has 0 saturated carbocycles. The second-order valence-corrected chi connectivity index (χ2v) is 3.80. The van der Waals surface area contributed by atoms with Gasteiger partial charge in [0, 0.05) is 11.8 Å². The number of aliphatic carboxylic acids is 1. The van der Waals surface area contributed by atoms with E-state index in [1.54, 1.807) is 0 Å². The van der Waals surface area contributed by atoms with Crippen LogP contribution in [0.25, 0.3) is 0 Å². The molecule has 0 aliphatic rings. The Bertz CT molecular complexity index is 506. The van der Waals surface area contributed by atoms with E-state index in [0.29, 0.717) is 0 Å². The van der Waals surface area contributed by atoms with Crippen LogP contribution in [-0.4, -0.2) is 22.4 Å². The number of rotatable bonds is 5. The first kappa shape index (κ1) is 16.4. The van der Waals surface area contributed by atoms with Gasteiger partial charge in [-0.1, -0.05) is 0 Å². The molecule has 0 unspecified atom stereocenters. The Morgan fingerprint density at radius 2 is 2.05 bits per heavy atom. The third-order valence-electron chi connectivity index (χ3n) is 2.15. The van der Waals surface area contributed by atoms with E-state index >= 15 is 0 Å². The summed E-state index contributed by atoms with van der Waals surface area (Å²) in [6.07, 6.45) is -8.52. The molecule has 0 aliphatic carbocycles. The number of hydrogen-bond acceptors (Lipinski definition) is 3. The summed E-state index contributed by atoms with van der Waals surface area (Å²) < 4.78 is 65.5. The monoisotopic (exact) mass is 319 g/mol. The maximum Gasteiger partial charge on any atom is 0.573 e. The van der Waals surface area contributed by atoms with Crippen LogP contribution >= 0.6 is 11.6 Å². The Morgan fingerprint density at radius 3 is 2.45 bits per heavy atom. The predicted molar refractivity (Wildman–Crippen MR) is 56.8 cm³/mol. The van der Waals surface area contributed by atoms with Gasteiger partial charge in [-0.25, -0.2) is 8.78 Å². The summed E-state index contributed by atoms with van der Waals surface area (Å²) in [6.45, 7) is 0. The SMILES string of the molecule is O=C(O)Cc1cnc(C(F)F)c(OC(F)(F)F)c1CCl. The van der Waals surface area contributed by atoms with Gasteiger partial charge in [-0.3, -0.25) is 9.78 Å². The molecule has 0 aliphatic heterocycles. The summed E-state index contributed by atoms with van der Waals surface area (Å²) in [5, 5.41) is 8.61. The third-order valence-corrected chi connectivity index (χ3v) is 2.42. The number of carbonyl (C=O) groups is 1. The number of halogens is 6. The van der Waals surface area contributed by atoms with E-state index in [4.69, 9.17) is 16.7 Å². The molecule has 0 amide bonds. The Labute approximate surface area is 114 Å². The van der Waals surface area contributed by atoms with Gasteiger partial charge in [0.25, 0.3) is 6.43 Å². The molecule has 20 heavy (non-hydrogen) atoms. The highest BCUT2D eigenvalue weighted by molar-refractivity contribution is 6.17. The van der Waals surface area contributed by atoms with E-state index in [9.17, 15) is 26.7 Å². The largest absolute Gasteiger partial charge is 0.573 e. The van der Waals surface area contributed by atoms with Crippen LogP contribution in [0.5, 0.6) is 5.75 Å². The van der Waals surface area contributed by atoms with Crippen molar-refractivity contribution in [3.63, 3.8) is 0 Å². The number of aromatic nitrogens is 1. The first-order valence-corrected chi connectivity index (χ1v) is 5.51. The van der Waals surface area contributed by atoms with Crippen LogP contribution in [0.3, 0.4) is 0 Å². The van der Waals surface area contributed by atoms with E-state index < -0.39 is 48.1 Å². The molecule has 1 N–H and O–H groups in total. The number of nitrogens with zero attached hydrogens (tertiary/aromatic N) is 1. The second kappa shape index (κ2) is 6.21. The lowest BCUT2D eigenvalue weighted by Gasteiger charge is -2.17. The number of hydrogen-bond donors (Lipinski definition) is 1. The van der Waals surface area contributed by atoms with E-state index in [-0.39, 0.29) is 5.56 Å². The molecule has 10 heteroatoms. The summed E-state index contributed by atoms with van der Waals surface area (Å²) >= 11 is 5.41. The van der Waals surface area contributed by atoms with E-state index in [2.05, 4.69) is 9.72 Å². The van der Waals surface area contributed by atoms with Crippen molar-refractivity contribution in [3.05, 3.63) is 23.0 Å². The summed E-state index contributed by atoms with van der Waals surface area (Å²) in [5.74, 6) is -3.25. The minimum Gasteiger partial charge on any atom is -0.481 e. The van der Waals surface area contributed by atoms with Gasteiger partial charge in [-0.05, 0) is 5.56 Å². The zero-order valence-electron chi connectivity index (χ0n) is 9.55. The standard InChI is InChI=1S/C10H7ClF5NO3/c11-2-5-4(1-6(18)19)3-17-7(9(12)13)8(5)20-10(14,15)16/h3,9H,1-2H2,(H,18,19). The summed E-state index contributed by atoms with van der Waals surface area (Å²) in [5.41, 5.74) is -1.94. The predicted octanol–water partition coefficient (Wildman–Crippen LogP) is 3.28. The van der Waals surface area contributed by atoms with Gasteiger partial charge >= 0.3 is 12.3 Å². The number of carboxylic acid groups (broad SMARTS) is 1. The van der Waals surface area contributed by atoms with Gasteiger partial charge in [0.1, 0.15) is 5.69 Å². The molecule has 0 radical (unpaired) electrons. The first-order valence-electron chi connectivity index (χ1n) is 4.98. The molecule has 0 saturated heterocycles. The van der Waals surface area contributed by atoms with E-state index in [1.165, 1.54) is 0 Å². The molecule has 112 valence electrons. The minimum absolute atomic E-state index is 0.226. The Kier molecular flexibility index (Phi) is 5.09. The van der Waals surface area contributed by atoms with Gasteiger partial charge in [0.05, 0.1) is 12.3 Å². The summed E-state index contributed by atoms with van der Waals surface area (Å²) in [6, 6.07) is 0. The summed E-state index contributed by atoms with van der Waals surface area (Å²) in [4.78, 5) is 13.7. The van der Waals surface area contributed by atoms with E-state index in [0.717, 1.165) is 6.20 Å². The molecule has 4 nitrogen and oxygen atoms in total. The molecule has 0 bridgehead atoms. The highest BCUT2D eigenvalue weighted by Gasteiger charge is 2.36. The average molecular weight is 320 g/mol. The van der Waals surface area contributed by atoms with Crippen molar-refractivity contribution < 1.29 is 36.6 Å². The Morgan fingerprint density at radius 1 is 1.45 bits per heavy atom. The van der Waals surface area contributed by atoms with Crippen LogP contribution in [0.4, 0.5) is 22.0 Å². The van der Waals surface area contributed by atoms with Crippen molar-refractivity contribution in [2.45, 2.75) is 25.1 Å². The van der Waals surface area contributed by atoms with Crippen molar-refractivity contribution in [2.75, 3.05) is 0 Å². The highest BCUT2D eigenvalue weighted by Crippen LogP contribution is 2.36. The van der Waals surface area contributed by atoms with Gasteiger partial charge in [0.15, 0.2) is 5.75 Å². The number of alkyl halides is 6. The molecule has 1 rings (SSSR count). The lowest BCUT2D eigenvalue weighted by molar-refractivity contribution is -0.275. The molecular weight excluding hydrogens is 313 g/mol. The fourth-order valence-corrected chi connectivity index (χ4v) is 1.72. The first-order chi connectivity index (χ1) is 9.15. The van der Waals surface area contributed by atoms with Gasteiger partial charge in [0.2, 0.25) is 0 Å². The van der Waals surface area contributed by atoms with Crippen LogP contribution in [-0.2, 0) is 17.1 Å². The quantitative estimate of drug-likeness (QED) is 0.668. The minimum atomic E-state index is -5.23. The van der Waals surface area contributed by atoms with Crippen molar-refractivity contribution in [1.82, 2.24) is 4.98 Å². The van der Waals surface area contributed by atoms with Gasteiger partial charge in [-0.15, -0.1) is 24.8 Å². The van der Waals surface area contributed by atoms with Gasteiger partial charge < -0.3 is 9.84 Å². The molecule has 0 spiro atoms. The average Bonchev–Trinajstić information content (AvgIpc) is 2.25. The molecule has 0 atom stereocenters. The van der Waals surface area contributed by atoms with Crippen molar-refractivity contribution in [2.24, 2.45) is 0 Å². The van der Waals surface area contributed by atoms with Crippen LogP contribution in [0.2, 0.25) is 0 Å². The number of pyridine rings is 1. The topological polar surface area (TPSA) is 59.4 Å². The van der Waals surface area contributed by atoms with Crippen molar-refractivity contribution >= 4 is 17.6 Å². The lowest BCUT2D eigenvalue weighted by atomic mass is 10.1. The molecule has 1 aromatic rings. The maximum atomic E-state index is 12.6.